The average molecular weight is 178 g/mol. The van der Waals surface area contributed by atoms with Gasteiger partial charge in [-0.15, -0.1) is 0 Å². The molecule has 0 bridgehead atoms. The molecule has 0 unspecified atom stereocenters. The summed E-state index contributed by atoms with van der Waals surface area (Å²) >= 11 is 0. The smallest absolute Gasteiger partial charge is 0.134 e. The number of hydrogen-bond donors (Lipinski definition) is 1. The molecule has 0 spiro atoms. The van der Waals surface area contributed by atoms with Crippen LogP contribution in [0.25, 0.3) is 10.9 Å². The summed E-state index contributed by atoms with van der Waals surface area (Å²) in [6.45, 7) is 4.08. The molecule has 2 rings (SSSR count). The minimum absolute atomic E-state index is 0.199. The molecule has 0 atom stereocenters. The standard InChI is InChI=1S/C10H11FN2/c1-6(2)7-3-9(11)8-5-12-13-10(8)4-7/h3-6H,1-2H3,(H,12,13). The van der Waals surface area contributed by atoms with E-state index in [-0.39, 0.29) is 5.82 Å². The fraction of sp³-hybridized carbons (Fsp3) is 0.300. The van der Waals surface area contributed by atoms with Gasteiger partial charge in [0.25, 0.3) is 0 Å². The number of aromatic nitrogens is 2. The lowest BCUT2D eigenvalue weighted by atomic mass is 10.0. The first-order valence-corrected chi connectivity index (χ1v) is 4.31. The molecule has 0 aliphatic rings. The van der Waals surface area contributed by atoms with E-state index < -0.39 is 0 Å². The molecule has 1 heterocycles. The molecule has 68 valence electrons. The molecule has 1 aromatic heterocycles. The van der Waals surface area contributed by atoms with Crippen LogP contribution < -0.4 is 0 Å². The summed E-state index contributed by atoms with van der Waals surface area (Å²) in [5.41, 5.74) is 1.76. The summed E-state index contributed by atoms with van der Waals surface area (Å²) in [6, 6.07) is 3.51. The lowest BCUT2D eigenvalue weighted by Gasteiger charge is -2.04. The van der Waals surface area contributed by atoms with Crippen LogP contribution in [-0.2, 0) is 0 Å². The van der Waals surface area contributed by atoms with Crippen molar-refractivity contribution in [3.8, 4) is 0 Å². The van der Waals surface area contributed by atoms with E-state index in [4.69, 9.17) is 0 Å². The molecular weight excluding hydrogens is 167 g/mol. The average Bonchev–Trinajstić information content (AvgIpc) is 2.51. The van der Waals surface area contributed by atoms with Crippen LogP contribution in [0, 0.1) is 5.82 Å². The van der Waals surface area contributed by atoms with Crippen molar-refractivity contribution < 1.29 is 4.39 Å². The second kappa shape index (κ2) is 2.83. The first-order chi connectivity index (χ1) is 6.18. The maximum atomic E-state index is 13.4. The number of rotatable bonds is 1. The molecule has 2 nitrogen and oxygen atoms in total. The molecule has 0 aliphatic carbocycles. The monoisotopic (exact) mass is 178 g/mol. The molecule has 0 aliphatic heterocycles. The predicted molar refractivity (Wildman–Crippen MR) is 50.1 cm³/mol. The number of hydrogen-bond acceptors (Lipinski definition) is 1. The van der Waals surface area contributed by atoms with Crippen molar-refractivity contribution in [2.75, 3.05) is 0 Å². The summed E-state index contributed by atoms with van der Waals surface area (Å²) in [6.07, 6.45) is 1.51. The molecule has 2 aromatic rings. The minimum Gasteiger partial charge on any atom is -0.278 e. The Bertz CT molecular complexity index is 431. The number of benzene rings is 1. The van der Waals surface area contributed by atoms with Crippen molar-refractivity contribution in [3.05, 3.63) is 29.7 Å². The Hall–Kier alpha value is -1.38. The number of nitrogens with zero attached hydrogens (tertiary/aromatic N) is 1. The van der Waals surface area contributed by atoms with Crippen molar-refractivity contribution in [1.29, 1.82) is 0 Å². The molecule has 1 N–H and O–H groups in total. The first-order valence-electron chi connectivity index (χ1n) is 4.31. The van der Waals surface area contributed by atoms with Crippen molar-refractivity contribution >= 4 is 10.9 Å². The van der Waals surface area contributed by atoms with E-state index in [1.54, 1.807) is 6.07 Å². The molecular formula is C10H11FN2. The summed E-state index contributed by atoms with van der Waals surface area (Å²) in [5.74, 6) is 0.136. The van der Waals surface area contributed by atoms with E-state index in [2.05, 4.69) is 10.2 Å². The third-order valence-corrected chi connectivity index (χ3v) is 2.20. The first kappa shape index (κ1) is 8.23. The lowest BCUT2D eigenvalue weighted by molar-refractivity contribution is 0.635. The van der Waals surface area contributed by atoms with Crippen LogP contribution in [0.5, 0.6) is 0 Å². The van der Waals surface area contributed by atoms with Crippen LogP contribution in [0.4, 0.5) is 4.39 Å². The Kier molecular flexibility index (Phi) is 1.79. The summed E-state index contributed by atoms with van der Waals surface area (Å²) < 4.78 is 13.4. The Morgan fingerprint density at radius 2 is 2.15 bits per heavy atom. The molecule has 0 radical (unpaired) electrons. The normalized spacial score (nSPS) is 11.4. The molecule has 1 aromatic carbocycles. The SMILES string of the molecule is CC(C)c1cc(F)c2cn[nH]c2c1. The number of nitrogens with one attached hydrogen (secondary N) is 1. The quantitative estimate of drug-likeness (QED) is 0.714. The van der Waals surface area contributed by atoms with E-state index >= 15 is 0 Å². The van der Waals surface area contributed by atoms with Gasteiger partial charge in [0.15, 0.2) is 0 Å². The van der Waals surface area contributed by atoms with Gasteiger partial charge in [-0.3, -0.25) is 5.10 Å². The molecule has 13 heavy (non-hydrogen) atoms. The van der Waals surface area contributed by atoms with Crippen molar-refractivity contribution in [1.82, 2.24) is 10.2 Å². The zero-order chi connectivity index (χ0) is 9.42. The third-order valence-electron chi connectivity index (χ3n) is 2.20. The molecule has 0 fully saturated rings. The van der Waals surface area contributed by atoms with Crippen molar-refractivity contribution in [2.45, 2.75) is 19.8 Å². The van der Waals surface area contributed by atoms with Crippen LogP contribution in [0.15, 0.2) is 18.3 Å². The van der Waals surface area contributed by atoms with Crippen LogP contribution in [-0.4, -0.2) is 10.2 Å². The highest BCUT2D eigenvalue weighted by molar-refractivity contribution is 5.79. The number of halogens is 1. The fourth-order valence-electron chi connectivity index (χ4n) is 1.36. The largest absolute Gasteiger partial charge is 0.278 e. The van der Waals surface area contributed by atoms with E-state index in [1.165, 1.54) is 6.20 Å². The van der Waals surface area contributed by atoms with Crippen LogP contribution >= 0.6 is 0 Å². The van der Waals surface area contributed by atoms with Gasteiger partial charge in [-0.1, -0.05) is 13.8 Å². The summed E-state index contributed by atoms with van der Waals surface area (Å²) in [7, 11) is 0. The maximum Gasteiger partial charge on any atom is 0.134 e. The second-order valence-corrected chi connectivity index (χ2v) is 3.49. The molecule has 0 amide bonds. The van der Waals surface area contributed by atoms with Gasteiger partial charge in [0.1, 0.15) is 5.82 Å². The number of H-pyrrole nitrogens is 1. The van der Waals surface area contributed by atoms with Gasteiger partial charge >= 0.3 is 0 Å². The van der Waals surface area contributed by atoms with E-state index in [9.17, 15) is 4.39 Å². The van der Waals surface area contributed by atoms with Gasteiger partial charge in [-0.25, -0.2) is 4.39 Å². The second-order valence-electron chi connectivity index (χ2n) is 3.49. The fourth-order valence-corrected chi connectivity index (χ4v) is 1.36. The van der Waals surface area contributed by atoms with Gasteiger partial charge in [-0.2, -0.15) is 5.10 Å². The van der Waals surface area contributed by atoms with Gasteiger partial charge in [0, 0.05) is 0 Å². The number of fused-ring (bicyclic) bond motifs is 1. The Morgan fingerprint density at radius 1 is 1.38 bits per heavy atom. The van der Waals surface area contributed by atoms with E-state index in [0.717, 1.165) is 11.1 Å². The van der Waals surface area contributed by atoms with Gasteiger partial charge in [-0.05, 0) is 23.6 Å². The third kappa shape index (κ3) is 1.30. The lowest BCUT2D eigenvalue weighted by Crippen LogP contribution is -1.89. The topological polar surface area (TPSA) is 28.7 Å². The van der Waals surface area contributed by atoms with Gasteiger partial charge in [0.05, 0.1) is 17.1 Å². The summed E-state index contributed by atoms with van der Waals surface area (Å²) in [4.78, 5) is 0. The van der Waals surface area contributed by atoms with Gasteiger partial charge in [0.2, 0.25) is 0 Å². The highest BCUT2D eigenvalue weighted by Crippen LogP contribution is 2.22. The molecule has 3 heteroatoms. The van der Waals surface area contributed by atoms with Crippen molar-refractivity contribution in [2.24, 2.45) is 0 Å². The zero-order valence-electron chi connectivity index (χ0n) is 7.63. The predicted octanol–water partition coefficient (Wildman–Crippen LogP) is 2.83. The maximum absolute atomic E-state index is 13.4. The van der Waals surface area contributed by atoms with Crippen LogP contribution in [0.1, 0.15) is 25.3 Å². The Morgan fingerprint density at radius 3 is 2.85 bits per heavy atom. The Balaban J connectivity index is 2.70. The minimum atomic E-state index is -0.199. The van der Waals surface area contributed by atoms with Crippen LogP contribution in [0.2, 0.25) is 0 Å². The molecule has 0 saturated heterocycles. The highest BCUT2D eigenvalue weighted by atomic mass is 19.1. The van der Waals surface area contributed by atoms with E-state index in [1.807, 2.05) is 19.9 Å². The number of aromatic amines is 1. The van der Waals surface area contributed by atoms with Crippen LogP contribution in [0.3, 0.4) is 0 Å². The van der Waals surface area contributed by atoms with E-state index in [0.29, 0.717) is 11.3 Å². The Labute approximate surface area is 75.8 Å². The zero-order valence-corrected chi connectivity index (χ0v) is 7.63. The van der Waals surface area contributed by atoms with Crippen molar-refractivity contribution in [3.63, 3.8) is 0 Å². The summed E-state index contributed by atoms with van der Waals surface area (Å²) in [5, 5.41) is 7.12. The van der Waals surface area contributed by atoms with Gasteiger partial charge < -0.3 is 0 Å². The molecule has 0 saturated carbocycles. The highest BCUT2D eigenvalue weighted by Gasteiger charge is 2.07.